The first kappa shape index (κ1) is 9.85. The molecule has 70 valence electrons. The van der Waals surface area contributed by atoms with Crippen molar-refractivity contribution in [1.29, 1.82) is 0 Å². The lowest BCUT2D eigenvalue weighted by molar-refractivity contribution is -0.133. The summed E-state index contributed by atoms with van der Waals surface area (Å²) < 4.78 is 23.6. The van der Waals surface area contributed by atoms with Crippen molar-refractivity contribution in [3.05, 3.63) is 30.1 Å². The molecule has 0 saturated heterocycles. The third-order valence-corrected chi connectivity index (χ3v) is 2.64. The summed E-state index contributed by atoms with van der Waals surface area (Å²) in [5.74, 6) is -2.02. The third kappa shape index (κ3) is 2.95. The van der Waals surface area contributed by atoms with Crippen molar-refractivity contribution in [2.75, 3.05) is 5.75 Å². The lowest BCUT2D eigenvalue weighted by Gasteiger charge is -1.97. The van der Waals surface area contributed by atoms with Gasteiger partial charge < -0.3 is 5.11 Å². The van der Waals surface area contributed by atoms with Gasteiger partial charge >= 0.3 is 5.97 Å². The normalized spacial score (nSPS) is 12.4. The molecule has 1 unspecified atom stereocenters. The molecule has 5 heteroatoms. The number of rotatable bonds is 3. The van der Waals surface area contributed by atoms with Gasteiger partial charge in [-0.15, -0.1) is 0 Å². The van der Waals surface area contributed by atoms with E-state index in [0.29, 0.717) is 4.90 Å². The van der Waals surface area contributed by atoms with Crippen molar-refractivity contribution in [3.8, 4) is 0 Å². The number of hydrogen-bond acceptors (Lipinski definition) is 2. The molecule has 0 aliphatic rings. The van der Waals surface area contributed by atoms with Crippen molar-refractivity contribution in [2.45, 2.75) is 4.90 Å². The molecule has 0 aliphatic heterocycles. The highest BCUT2D eigenvalue weighted by atomic mass is 32.2. The van der Waals surface area contributed by atoms with E-state index in [1.807, 2.05) is 0 Å². The number of hydrogen-bond donors (Lipinski definition) is 1. The Labute approximate surface area is 76.7 Å². The summed E-state index contributed by atoms with van der Waals surface area (Å²) in [7, 11) is -1.59. The molecule has 1 aromatic rings. The maximum Gasteiger partial charge on any atom is 0.316 e. The third-order valence-electron chi connectivity index (χ3n) is 1.33. The van der Waals surface area contributed by atoms with E-state index < -0.39 is 28.3 Å². The number of carboxylic acids is 1. The topological polar surface area (TPSA) is 54.4 Å². The molecular weight excluding hydrogens is 195 g/mol. The van der Waals surface area contributed by atoms with Crippen LogP contribution in [0, 0.1) is 5.82 Å². The zero-order valence-electron chi connectivity index (χ0n) is 6.57. The van der Waals surface area contributed by atoms with E-state index in [-0.39, 0.29) is 0 Å². The molecule has 1 rings (SSSR count). The average Bonchev–Trinajstić information content (AvgIpc) is 2.04. The second-order valence-electron chi connectivity index (χ2n) is 2.34. The Kier molecular flexibility index (Phi) is 3.13. The molecule has 0 radical (unpaired) electrons. The Bertz CT molecular complexity index is 334. The molecule has 0 bridgehead atoms. The van der Waals surface area contributed by atoms with Crippen molar-refractivity contribution in [3.63, 3.8) is 0 Å². The molecule has 1 atom stereocenters. The monoisotopic (exact) mass is 202 g/mol. The van der Waals surface area contributed by atoms with Crippen LogP contribution in [-0.4, -0.2) is 21.0 Å². The Morgan fingerprint density at radius 2 is 1.92 bits per heavy atom. The first-order chi connectivity index (χ1) is 6.09. The SMILES string of the molecule is O=C(O)CS(=O)c1ccc(F)cc1. The molecule has 0 fully saturated rings. The summed E-state index contributed by atoms with van der Waals surface area (Å²) >= 11 is 0. The van der Waals surface area contributed by atoms with Gasteiger partial charge in [0.15, 0.2) is 0 Å². The van der Waals surface area contributed by atoms with Gasteiger partial charge in [-0.1, -0.05) is 0 Å². The van der Waals surface area contributed by atoms with Crippen LogP contribution >= 0.6 is 0 Å². The van der Waals surface area contributed by atoms with Crippen LogP contribution in [0.4, 0.5) is 4.39 Å². The van der Waals surface area contributed by atoms with Gasteiger partial charge in [0.05, 0.1) is 10.8 Å². The van der Waals surface area contributed by atoms with Gasteiger partial charge in [-0.2, -0.15) is 0 Å². The van der Waals surface area contributed by atoms with Crippen molar-refractivity contribution in [1.82, 2.24) is 0 Å². The molecule has 0 spiro atoms. The van der Waals surface area contributed by atoms with E-state index in [4.69, 9.17) is 5.11 Å². The fourth-order valence-electron chi connectivity index (χ4n) is 0.782. The van der Waals surface area contributed by atoms with Gasteiger partial charge in [0, 0.05) is 4.90 Å². The van der Waals surface area contributed by atoms with E-state index in [1.165, 1.54) is 12.1 Å². The maximum atomic E-state index is 12.4. The first-order valence-electron chi connectivity index (χ1n) is 3.45. The molecule has 0 aliphatic carbocycles. The highest BCUT2D eigenvalue weighted by Gasteiger charge is 2.07. The molecule has 1 aromatic carbocycles. The minimum Gasteiger partial charge on any atom is -0.481 e. The number of carboxylic acid groups (broad SMARTS) is 1. The van der Waals surface area contributed by atoms with Crippen LogP contribution in [0.1, 0.15) is 0 Å². The Balaban J connectivity index is 2.78. The zero-order valence-corrected chi connectivity index (χ0v) is 7.38. The summed E-state index contributed by atoms with van der Waals surface area (Å²) in [5.41, 5.74) is 0. The van der Waals surface area contributed by atoms with Crippen molar-refractivity contribution in [2.24, 2.45) is 0 Å². The standard InChI is InChI=1S/C8H7FO3S/c9-6-1-3-7(4-2-6)13(12)5-8(10)11/h1-4H,5H2,(H,10,11). The summed E-state index contributed by atoms with van der Waals surface area (Å²) in [4.78, 5) is 10.5. The second kappa shape index (κ2) is 4.13. The summed E-state index contributed by atoms with van der Waals surface area (Å²) in [6, 6.07) is 4.92. The summed E-state index contributed by atoms with van der Waals surface area (Å²) in [6.07, 6.45) is 0. The fraction of sp³-hybridized carbons (Fsp3) is 0.125. The van der Waals surface area contributed by atoms with E-state index in [9.17, 15) is 13.4 Å². The van der Waals surface area contributed by atoms with Crippen LogP contribution in [0.3, 0.4) is 0 Å². The lowest BCUT2D eigenvalue weighted by Crippen LogP contribution is -2.08. The fourth-order valence-corrected chi connectivity index (χ4v) is 1.61. The minimum atomic E-state index is -1.59. The summed E-state index contributed by atoms with van der Waals surface area (Å²) in [5, 5.41) is 8.33. The van der Waals surface area contributed by atoms with Crippen LogP contribution in [0.25, 0.3) is 0 Å². The summed E-state index contributed by atoms with van der Waals surface area (Å²) in [6.45, 7) is 0. The Hall–Kier alpha value is -1.23. The van der Waals surface area contributed by atoms with Gasteiger partial charge in [0.1, 0.15) is 11.6 Å². The van der Waals surface area contributed by atoms with E-state index in [2.05, 4.69) is 0 Å². The molecule has 13 heavy (non-hydrogen) atoms. The van der Waals surface area contributed by atoms with Crippen molar-refractivity contribution < 1.29 is 18.5 Å². The number of carbonyl (C=O) groups is 1. The van der Waals surface area contributed by atoms with Crippen LogP contribution in [0.2, 0.25) is 0 Å². The van der Waals surface area contributed by atoms with Crippen molar-refractivity contribution >= 4 is 16.8 Å². The van der Waals surface area contributed by atoms with Gasteiger partial charge in [-0.25, -0.2) is 4.39 Å². The van der Waals surface area contributed by atoms with Crippen LogP contribution in [0.5, 0.6) is 0 Å². The smallest absolute Gasteiger partial charge is 0.316 e. The highest BCUT2D eigenvalue weighted by molar-refractivity contribution is 7.85. The first-order valence-corrected chi connectivity index (χ1v) is 4.77. The number of benzene rings is 1. The van der Waals surface area contributed by atoms with Gasteiger partial charge in [0.2, 0.25) is 0 Å². The molecule has 0 amide bonds. The lowest BCUT2D eigenvalue weighted by atomic mass is 10.4. The zero-order chi connectivity index (χ0) is 9.84. The number of aliphatic carboxylic acids is 1. The highest BCUT2D eigenvalue weighted by Crippen LogP contribution is 2.07. The molecule has 0 aromatic heterocycles. The van der Waals surface area contributed by atoms with Gasteiger partial charge in [0.25, 0.3) is 0 Å². The molecular formula is C8H7FO3S. The largest absolute Gasteiger partial charge is 0.481 e. The molecule has 0 heterocycles. The molecule has 1 N–H and O–H groups in total. The Morgan fingerprint density at radius 1 is 1.38 bits per heavy atom. The molecule has 3 nitrogen and oxygen atoms in total. The van der Waals surface area contributed by atoms with Crippen LogP contribution < -0.4 is 0 Å². The van der Waals surface area contributed by atoms with E-state index in [0.717, 1.165) is 12.1 Å². The quantitative estimate of drug-likeness (QED) is 0.796. The second-order valence-corrected chi connectivity index (χ2v) is 3.79. The van der Waals surface area contributed by atoms with Gasteiger partial charge in [-0.3, -0.25) is 9.00 Å². The van der Waals surface area contributed by atoms with E-state index in [1.54, 1.807) is 0 Å². The maximum absolute atomic E-state index is 12.4. The minimum absolute atomic E-state index is 0.323. The number of halogens is 1. The van der Waals surface area contributed by atoms with E-state index >= 15 is 0 Å². The Morgan fingerprint density at radius 3 is 2.38 bits per heavy atom. The predicted molar refractivity (Wildman–Crippen MR) is 45.3 cm³/mol. The van der Waals surface area contributed by atoms with Crippen LogP contribution in [0.15, 0.2) is 29.2 Å². The van der Waals surface area contributed by atoms with Gasteiger partial charge in [-0.05, 0) is 24.3 Å². The molecule has 0 saturated carbocycles. The predicted octanol–water partition coefficient (Wildman–Crippen LogP) is 1.02. The average molecular weight is 202 g/mol. The van der Waals surface area contributed by atoms with Crippen LogP contribution in [-0.2, 0) is 15.6 Å².